The molecule has 3 rings (SSSR count). The van der Waals surface area contributed by atoms with Crippen molar-refractivity contribution in [3.63, 3.8) is 0 Å². The fourth-order valence-electron chi connectivity index (χ4n) is 2.70. The molecule has 0 bridgehead atoms. The van der Waals surface area contributed by atoms with E-state index in [2.05, 4.69) is 59.9 Å². The van der Waals surface area contributed by atoms with Crippen molar-refractivity contribution in [2.75, 3.05) is 13.6 Å². The van der Waals surface area contributed by atoms with Crippen molar-refractivity contribution in [2.24, 2.45) is 0 Å². The fraction of sp³-hybridized carbons (Fsp3) is 0.158. The summed E-state index contributed by atoms with van der Waals surface area (Å²) in [6.45, 7) is 0.967. The second kappa shape index (κ2) is 7.64. The van der Waals surface area contributed by atoms with Gasteiger partial charge in [0.1, 0.15) is 0 Å². The summed E-state index contributed by atoms with van der Waals surface area (Å²) in [6.07, 6.45) is 7.65. The molecule has 114 valence electrons. The molecule has 0 heterocycles. The predicted octanol–water partition coefficient (Wildman–Crippen LogP) is 5.29. The lowest BCUT2D eigenvalue weighted by Gasteiger charge is -2.12. The lowest BCUT2D eigenvalue weighted by molar-refractivity contribution is 0.808. The molecule has 0 atom stereocenters. The monoisotopic (exact) mass is 331 g/mol. The molecule has 0 radical (unpaired) electrons. The normalized spacial score (nSPS) is 14.0. The van der Waals surface area contributed by atoms with Crippen LogP contribution in [0.2, 0.25) is 5.02 Å². The average molecular weight is 332 g/mol. The van der Waals surface area contributed by atoms with Crippen molar-refractivity contribution in [1.82, 2.24) is 5.32 Å². The first-order valence-corrected chi connectivity index (χ1v) is 7.59. The van der Waals surface area contributed by atoms with Crippen LogP contribution in [0.4, 0.5) is 0 Å². The minimum absolute atomic E-state index is 0. The summed E-state index contributed by atoms with van der Waals surface area (Å²) in [5, 5.41) is 3.97. The van der Waals surface area contributed by atoms with Crippen LogP contribution < -0.4 is 5.32 Å². The predicted molar refractivity (Wildman–Crippen MR) is 99.7 cm³/mol. The molecular formula is C19H19Cl2N. The fourth-order valence-corrected chi connectivity index (χ4v) is 2.87. The van der Waals surface area contributed by atoms with E-state index in [4.69, 9.17) is 11.6 Å². The highest BCUT2D eigenvalue weighted by Gasteiger charge is 2.14. The van der Waals surface area contributed by atoms with Crippen molar-refractivity contribution in [3.05, 3.63) is 75.8 Å². The van der Waals surface area contributed by atoms with E-state index in [1.807, 2.05) is 13.1 Å². The van der Waals surface area contributed by atoms with Crippen LogP contribution in [0, 0.1) is 0 Å². The molecular weight excluding hydrogens is 313 g/mol. The summed E-state index contributed by atoms with van der Waals surface area (Å²) in [5.41, 5.74) is 6.21. The highest BCUT2D eigenvalue weighted by atomic mass is 35.5. The van der Waals surface area contributed by atoms with E-state index >= 15 is 0 Å². The molecule has 3 heteroatoms. The molecule has 0 unspecified atom stereocenters. The van der Waals surface area contributed by atoms with Crippen molar-refractivity contribution < 1.29 is 0 Å². The lowest BCUT2D eigenvalue weighted by Crippen LogP contribution is -2.06. The third-order valence-corrected chi connectivity index (χ3v) is 3.98. The Morgan fingerprint density at radius 1 is 1.00 bits per heavy atom. The van der Waals surface area contributed by atoms with E-state index in [1.54, 1.807) is 0 Å². The van der Waals surface area contributed by atoms with Gasteiger partial charge in [-0.15, -0.1) is 12.4 Å². The maximum absolute atomic E-state index is 6.22. The third kappa shape index (κ3) is 3.44. The highest BCUT2D eigenvalue weighted by Crippen LogP contribution is 2.35. The van der Waals surface area contributed by atoms with Gasteiger partial charge in [-0.05, 0) is 60.0 Å². The summed E-state index contributed by atoms with van der Waals surface area (Å²) < 4.78 is 0. The van der Waals surface area contributed by atoms with Gasteiger partial charge in [-0.3, -0.25) is 0 Å². The summed E-state index contributed by atoms with van der Waals surface area (Å²) in [5.74, 6) is 0. The van der Waals surface area contributed by atoms with Crippen molar-refractivity contribution in [2.45, 2.75) is 6.42 Å². The Labute approximate surface area is 143 Å². The second-order valence-corrected chi connectivity index (χ2v) is 5.60. The maximum Gasteiger partial charge on any atom is 0.0412 e. The number of fused-ring (bicyclic) bond motifs is 2. The van der Waals surface area contributed by atoms with Gasteiger partial charge in [0.15, 0.2) is 0 Å². The molecule has 0 fully saturated rings. The van der Waals surface area contributed by atoms with E-state index in [-0.39, 0.29) is 12.4 Å². The molecule has 0 aliphatic heterocycles. The zero-order valence-electron chi connectivity index (χ0n) is 12.5. The zero-order chi connectivity index (χ0) is 14.7. The smallest absolute Gasteiger partial charge is 0.0412 e. The maximum atomic E-state index is 6.22. The van der Waals surface area contributed by atoms with E-state index in [0.717, 1.165) is 18.0 Å². The largest absolute Gasteiger partial charge is 0.319 e. The topological polar surface area (TPSA) is 12.0 Å². The van der Waals surface area contributed by atoms with Gasteiger partial charge in [0, 0.05) is 5.02 Å². The van der Waals surface area contributed by atoms with Gasteiger partial charge in [0.2, 0.25) is 0 Å². The molecule has 0 aromatic heterocycles. The van der Waals surface area contributed by atoms with Gasteiger partial charge < -0.3 is 5.32 Å². The van der Waals surface area contributed by atoms with Gasteiger partial charge >= 0.3 is 0 Å². The molecule has 0 saturated heterocycles. The van der Waals surface area contributed by atoms with Crippen LogP contribution in [0.3, 0.4) is 0 Å². The molecule has 1 aliphatic carbocycles. The number of nitrogens with one attached hydrogen (secondary N) is 1. The van der Waals surface area contributed by atoms with Crippen LogP contribution in [0.5, 0.6) is 0 Å². The van der Waals surface area contributed by atoms with Gasteiger partial charge in [-0.1, -0.05) is 60.2 Å². The summed E-state index contributed by atoms with van der Waals surface area (Å²) in [7, 11) is 1.98. The van der Waals surface area contributed by atoms with Gasteiger partial charge in [-0.2, -0.15) is 0 Å². The second-order valence-electron chi connectivity index (χ2n) is 5.16. The van der Waals surface area contributed by atoms with Gasteiger partial charge in [0.25, 0.3) is 0 Å². The molecule has 1 aliphatic rings. The number of halogens is 2. The molecule has 22 heavy (non-hydrogen) atoms. The molecule has 2 aromatic rings. The minimum atomic E-state index is 0. The molecule has 1 nitrogen and oxygen atoms in total. The summed E-state index contributed by atoms with van der Waals surface area (Å²) in [6, 6.07) is 14.6. The van der Waals surface area contributed by atoms with Crippen LogP contribution in [-0.4, -0.2) is 13.6 Å². The summed E-state index contributed by atoms with van der Waals surface area (Å²) >= 11 is 6.22. The lowest BCUT2D eigenvalue weighted by atomic mass is 9.93. The van der Waals surface area contributed by atoms with Crippen molar-refractivity contribution in [3.8, 4) is 0 Å². The molecule has 2 aromatic carbocycles. The quantitative estimate of drug-likeness (QED) is 0.643. The van der Waals surface area contributed by atoms with E-state index < -0.39 is 0 Å². The third-order valence-electron chi connectivity index (χ3n) is 3.74. The molecule has 0 spiro atoms. The Bertz CT molecular complexity index is 717. The van der Waals surface area contributed by atoms with E-state index in [1.165, 1.54) is 27.8 Å². The zero-order valence-corrected chi connectivity index (χ0v) is 14.0. The highest BCUT2D eigenvalue weighted by molar-refractivity contribution is 6.30. The Kier molecular flexibility index (Phi) is 5.84. The van der Waals surface area contributed by atoms with Crippen molar-refractivity contribution >= 4 is 41.7 Å². The van der Waals surface area contributed by atoms with Crippen LogP contribution in [0.1, 0.15) is 28.7 Å². The Balaban J connectivity index is 0.00000176. The number of hydrogen-bond acceptors (Lipinski definition) is 1. The van der Waals surface area contributed by atoms with Crippen molar-refractivity contribution in [1.29, 1.82) is 0 Å². The SMILES string of the molecule is CNCCC=C1c2ccccc2C=Cc2ccc(Cl)cc21.Cl. The standard InChI is InChI=1S/C19H18ClN.ClH/c1-21-12-4-7-18-17-6-3-2-5-14(17)8-9-15-10-11-16(20)13-19(15)18;/h2-3,5-11,13,21H,4,12H2,1H3;1H. The Morgan fingerprint density at radius 2 is 1.73 bits per heavy atom. The van der Waals surface area contributed by atoms with Gasteiger partial charge in [-0.25, -0.2) is 0 Å². The molecule has 0 amide bonds. The van der Waals surface area contributed by atoms with E-state index in [0.29, 0.717) is 0 Å². The number of benzene rings is 2. The number of rotatable bonds is 3. The van der Waals surface area contributed by atoms with Crippen LogP contribution in [-0.2, 0) is 0 Å². The Hall–Kier alpha value is -1.54. The minimum Gasteiger partial charge on any atom is -0.319 e. The Morgan fingerprint density at radius 3 is 2.50 bits per heavy atom. The summed E-state index contributed by atoms with van der Waals surface area (Å²) in [4.78, 5) is 0. The van der Waals surface area contributed by atoms with Crippen LogP contribution >= 0.6 is 24.0 Å². The number of hydrogen-bond donors (Lipinski definition) is 1. The van der Waals surface area contributed by atoms with E-state index in [9.17, 15) is 0 Å². The van der Waals surface area contributed by atoms with Crippen LogP contribution in [0.25, 0.3) is 17.7 Å². The molecule has 0 saturated carbocycles. The first-order valence-electron chi connectivity index (χ1n) is 7.22. The first kappa shape index (κ1) is 16.8. The van der Waals surface area contributed by atoms with Crippen LogP contribution in [0.15, 0.2) is 48.5 Å². The first-order chi connectivity index (χ1) is 10.3. The van der Waals surface area contributed by atoms with Gasteiger partial charge in [0.05, 0.1) is 0 Å². The molecule has 1 N–H and O–H groups in total. The average Bonchev–Trinajstić information content (AvgIpc) is 2.65.